The van der Waals surface area contributed by atoms with E-state index in [1.807, 2.05) is 18.2 Å². The molecule has 0 saturated carbocycles. The molecular weight excluding hydrogens is 823 g/mol. The highest BCUT2D eigenvalue weighted by atomic mass is 19.1. The minimum absolute atomic E-state index is 0.0142. The highest BCUT2D eigenvalue weighted by molar-refractivity contribution is 6.38. The summed E-state index contributed by atoms with van der Waals surface area (Å²) >= 11 is 0. The topological polar surface area (TPSA) is 232 Å². The maximum atomic E-state index is 14.7. The molecule has 5 atom stereocenters. The number of ketones is 1. The number of hydrogen-bond acceptors (Lipinski definition) is 10. The van der Waals surface area contributed by atoms with Crippen LogP contribution in [0.2, 0.25) is 0 Å². The molecule has 0 radical (unpaired) electrons. The quantitative estimate of drug-likeness (QED) is 0.0776. The highest BCUT2D eigenvalue weighted by Gasteiger charge is 2.44. The Bertz CT molecular complexity index is 2100. The zero-order valence-electron chi connectivity index (χ0n) is 35.6. The van der Waals surface area contributed by atoms with E-state index in [4.69, 9.17) is 15.2 Å². The van der Waals surface area contributed by atoms with Crippen molar-refractivity contribution in [3.8, 4) is 0 Å². The predicted octanol–water partition coefficient (Wildman–Crippen LogP) is 3.07. The second kappa shape index (κ2) is 23.0. The molecule has 1 aliphatic rings. The molecule has 6 N–H and O–H groups in total. The molecule has 3 aromatic rings. The van der Waals surface area contributed by atoms with Gasteiger partial charge in [0.2, 0.25) is 29.4 Å². The summed E-state index contributed by atoms with van der Waals surface area (Å²) < 4.78 is 40.9. The first-order valence-corrected chi connectivity index (χ1v) is 20.6. The number of Topliss-reactive ketones (excluding diaryl/α,β-unsaturated/α-hetero) is 1. The molecule has 0 bridgehead atoms. The van der Waals surface area contributed by atoms with Crippen molar-refractivity contribution in [2.75, 3.05) is 13.1 Å². The van der Waals surface area contributed by atoms with Crippen LogP contribution in [0.15, 0.2) is 78.9 Å². The molecule has 0 aromatic heterocycles. The number of primary amides is 1. The van der Waals surface area contributed by atoms with E-state index in [1.54, 1.807) is 70.2 Å². The number of nitrogens with two attached hydrogens (primary N) is 1. The number of benzene rings is 3. The summed E-state index contributed by atoms with van der Waals surface area (Å²) in [5.41, 5.74) is 4.90. The number of carbonyl (C=O) groups is 8. The summed E-state index contributed by atoms with van der Waals surface area (Å²) in [5.74, 6) is -9.90. The normalized spacial score (nSPS) is 16.2. The largest absolute Gasteiger partial charge is 0.460 e. The van der Waals surface area contributed by atoms with Crippen LogP contribution in [0.4, 0.5) is 8.78 Å². The lowest BCUT2D eigenvalue weighted by Crippen LogP contribution is -2.56. The second-order valence-electron chi connectivity index (χ2n) is 16.0. The van der Waals surface area contributed by atoms with Gasteiger partial charge in [-0.3, -0.25) is 38.4 Å². The van der Waals surface area contributed by atoms with Gasteiger partial charge in [-0.1, -0.05) is 80.1 Å². The van der Waals surface area contributed by atoms with Gasteiger partial charge in [-0.15, -0.1) is 0 Å². The molecule has 1 aliphatic heterocycles. The maximum absolute atomic E-state index is 14.7. The number of nitrogens with zero attached hydrogens (tertiary/aromatic N) is 1. The van der Waals surface area contributed by atoms with Gasteiger partial charge >= 0.3 is 5.97 Å². The number of rotatable bonds is 21. The molecule has 6 amide bonds. The average molecular weight is 877 g/mol. The van der Waals surface area contributed by atoms with Crippen molar-refractivity contribution in [2.24, 2.45) is 5.73 Å². The molecule has 63 heavy (non-hydrogen) atoms. The van der Waals surface area contributed by atoms with Crippen LogP contribution in [0.1, 0.15) is 93.7 Å². The van der Waals surface area contributed by atoms with Crippen LogP contribution < -0.4 is 27.0 Å². The number of ether oxygens (including phenoxy) is 2. The van der Waals surface area contributed by atoms with Gasteiger partial charge in [0.05, 0.1) is 25.3 Å². The van der Waals surface area contributed by atoms with Gasteiger partial charge in [0.15, 0.2) is 0 Å². The molecule has 1 heterocycles. The maximum Gasteiger partial charge on any atom is 0.306 e. The lowest BCUT2D eigenvalue weighted by atomic mass is 10.0. The number of amides is 6. The molecule has 1 fully saturated rings. The van der Waals surface area contributed by atoms with Crippen LogP contribution >= 0.6 is 0 Å². The standard InChI is InChI=1S/C45H54F2N6O10/c1-5-14-32(39(56)43(60)49-24-35(54)52-38(40(48)57)28-17-10-7-11-18-28)50-41(58)34-23-29(62-26-27-15-8-6-9-16-27)25-53(34)44(61)33(21-13-22-36(55)63-45(2,3)4)51-42(59)37-30(46)19-12-20-31(37)47/h6-12,15-20,29,32-34,38H,5,13-14,21-26H2,1-4H3,(H2,48,57)(H,49,60)(H,50,58)(H,51,59)(H,52,54)/t29-,32?,33+,34+,38+/m1/s1. The van der Waals surface area contributed by atoms with E-state index in [-0.39, 0.29) is 45.3 Å². The first kappa shape index (κ1) is 49.1. The fourth-order valence-corrected chi connectivity index (χ4v) is 6.85. The Labute approximate surface area is 364 Å². The van der Waals surface area contributed by atoms with E-state index >= 15 is 0 Å². The minimum Gasteiger partial charge on any atom is -0.460 e. The molecule has 1 unspecified atom stereocenters. The SMILES string of the molecule is CCCC(NC(=O)[C@@H]1C[C@@H](OCc2ccccc2)CN1C(=O)[C@H](CCCC(=O)OC(C)(C)C)NC(=O)c1c(F)cccc1F)C(=O)C(=O)NCC(=O)N[C@H](C(N)=O)c1ccccc1. The average Bonchev–Trinajstić information content (AvgIpc) is 3.67. The van der Waals surface area contributed by atoms with E-state index in [9.17, 15) is 47.1 Å². The van der Waals surface area contributed by atoms with Gasteiger partial charge in [0.1, 0.15) is 40.9 Å². The molecular formula is C45H54F2N6O10. The number of likely N-dealkylation sites (tertiary alicyclic amines) is 1. The summed E-state index contributed by atoms with van der Waals surface area (Å²) in [6.45, 7) is 5.93. The summed E-state index contributed by atoms with van der Waals surface area (Å²) in [7, 11) is 0. The van der Waals surface area contributed by atoms with E-state index in [0.717, 1.165) is 28.7 Å². The molecule has 0 aliphatic carbocycles. The van der Waals surface area contributed by atoms with Crippen LogP contribution in [0.25, 0.3) is 0 Å². The van der Waals surface area contributed by atoms with Gasteiger partial charge in [-0.2, -0.15) is 0 Å². The van der Waals surface area contributed by atoms with E-state index in [2.05, 4.69) is 21.3 Å². The Kier molecular flexibility index (Phi) is 18.0. The number of hydrogen-bond donors (Lipinski definition) is 5. The summed E-state index contributed by atoms with van der Waals surface area (Å²) in [4.78, 5) is 107. The number of nitrogens with one attached hydrogen (secondary N) is 4. The van der Waals surface area contributed by atoms with Gasteiger partial charge in [0, 0.05) is 19.4 Å². The van der Waals surface area contributed by atoms with E-state index in [0.29, 0.717) is 12.0 Å². The van der Waals surface area contributed by atoms with Gasteiger partial charge in [0.25, 0.3) is 11.8 Å². The zero-order chi connectivity index (χ0) is 46.3. The first-order valence-electron chi connectivity index (χ1n) is 20.6. The highest BCUT2D eigenvalue weighted by Crippen LogP contribution is 2.25. The Morgan fingerprint density at radius 2 is 1.46 bits per heavy atom. The number of halogens is 2. The Balaban J connectivity index is 1.54. The first-order chi connectivity index (χ1) is 29.9. The smallest absolute Gasteiger partial charge is 0.306 e. The zero-order valence-corrected chi connectivity index (χ0v) is 35.6. The predicted molar refractivity (Wildman–Crippen MR) is 224 cm³/mol. The lowest BCUT2D eigenvalue weighted by Gasteiger charge is -2.29. The summed E-state index contributed by atoms with van der Waals surface area (Å²) in [6.07, 6.45) is -0.955. The molecule has 3 aromatic carbocycles. The van der Waals surface area contributed by atoms with Crippen molar-refractivity contribution in [2.45, 2.75) is 109 Å². The van der Waals surface area contributed by atoms with Crippen molar-refractivity contribution in [1.82, 2.24) is 26.2 Å². The summed E-state index contributed by atoms with van der Waals surface area (Å²) in [5, 5.41) is 9.57. The van der Waals surface area contributed by atoms with E-state index in [1.165, 1.54) is 0 Å². The summed E-state index contributed by atoms with van der Waals surface area (Å²) in [6, 6.07) is 14.5. The van der Waals surface area contributed by atoms with Crippen LogP contribution in [0.5, 0.6) is 0 Å². The Morgan fingerprint density at radius 3 is 2.06 bits per heavy atom. The van der Waals surface area contributed by atoms with Crippen molar-refractivity contribution in [3.63, 3.8) is 0 Å². The molecule has 1 saturated heterocycles. The van der Waals surface area contributed by atoms with Gasteiger partial charge in [-0.05, 0) is 63.3 Å². The van der Waals surface area contributed by atoms with Crippen LogP contribution in [-0.4, -0.2) is 95.0 Å². The number of carbonyl (C=O) groups excluding carboxylic acids is 8. The molecule has 0 spiro atoms. The molecule has 18 heteroatoms. The van der Waals surface area contributed by atoms with Gasteiger partial charge in [-0.25, -0.2) is 8.78 Å². The van der Waals surface area contributed by atoms with Crippen molar-refractivity contribution >= 4 is 47.2 Å². The van der Waals surface area contributed by atoms with Gasteiger partial charge < -0.3 is 41.4 Å². The third-order valence-corrected chi connectivity index (χ3v) is 9.83. The molecule has 338 valence electrons. The van der Waals surface area contributed by atoms with Crippen molar-refractivity contribution in [3.05, 3.63) is 107 Å². The Hall–Kier alpha value is -6.56. The fourth-order valence-electron chi connectivity index (χ4n) is 6.85. The third-order valence-electron chi connectivity index (χ3n) is 9.83. The fraction of sp³-hybridized carbons (Fsp3) is 0.422. The van der Waals surface area contributed by atoms with Crippen LogP contribution in [0.3, 0.4) is 0 Å². The van der Waals surface area contributed by atoms with Crippen LogP contribution in [0, 0.1) is 11.6 Å². The number of esters is 1. The Morgan fingerprint density at radius 1 is 0.825 bits per heavy atom. The lowest BCUT2D eigenvalue weighted by molar-refractivity contribution is -0.155. The van der Waals surface area contributed by atoms with Crippen LogP contribution in [-0.2, 0) is 49.6 Å². The third kappa shape index (κ3) is 14.8. The van der Waals surface area contributed by atoms with Crippen molar-refractivity contribution < 1.29 is 56.6 Å². The molecule has 16 nitrogen and oxygen atoms in total. The second-order valence-corrected chi connectivity index (χ2v) is 16.0. The minimum atomic E-state index is -1.51. The van der Waals surface area contributed by atoms with E-state index < -0.39 is 107 Å². The monoisotopic (exact) mass is 876 g/mol. The van der Waals surface area contributed by atoms with Crippen molar-refractivity contribution in [1.29, 1.82) is 0 Å². The molecule has 4 rings (SSSR count).